The lowest BCUT2D eigenvalue weighted by atomic mass is 10.1. The minimum Gasteiger partial charge on any atom is -0.387 e. The van der Waals surface area contributed by atoms with Crippen molar-refractivity contribution in [1.29, 1.82) is 0 Å². The van der Waals surface area contributed by atoms with Crippen LogP contribution in [-0.2, 0) is 0 Å². The number of rotatable bonds is 5. The number of nitrogens with one attached hydrogen (secondary N) is 1. The number of aliphatic hydroxyl groups is 1. The average Bonchev–Trinajstić information content (AvgIpc) is 3.15. The quantitative estimate of drug-likeness (QED) is 0.757. The highest BCUT2D eigenvalue weighted by Gasteiger charge is 2.11. The van der Waals surface area contributed by atoms with Gasteiger partial charge in [-0.25, -0.2) is 9.07 Å². The number of carbonyl (C=O) groups is 1. The molecule has 2 N–H and O–H groups in total. The zero-order valence-corrected chi connectivity index (χ0v) is 12.8. The predicted molar refractivity (Wildman–Crippen MR) is 87.3 cm³/mol. The fourth-order valence-electron chi connectivity index (χ4n) is 2.31. The van der Waals surface area contributed by atoms with Crippen LogP contribution in [0.3, 0.4) is 0 Å². The van der Waals surface area contributed by atoms with Crippen LogP contribution >= 0.6 is 0 Å². The molecule has 3 aromatic rings. The Balaban J connectivity index is 1.65. The minimum absolute atomic E-state index is 0.0382. The summed E-state index contributed by atoms with van der Waals surface area (Å²) >= 11 is 0. The van der Waals surface area contributed by atoms with Crippen molar-refractivity contribution in [3.05, 3.63) is 83.9 Å². The fourth-order valence-corrected chi connectivity index (χ4v) is 2.31. The van der Waals surface area contributed by atoms with Crippen LogP contribution in [0.25, 0.3) is 5.69 Å². The molecule has 6 heteroatoms. The van der Waals surface area contributed by atoms with Crippen molar-refractivity contribution >= 4 is 5.91 Å². The lowest BCUT2D eigenvalue weighted by Crippen LogP contribution is -2.28. The van der Waals surface area contributed by atoms with Gasteiger partial charge in [0.15, 0.2) is 0 Å². The first kappa shape index (κ1) is 15.9. The fraction of sp³-hybridized carbons (Fsp3) is 0.111. The van der Waals surface area contributed by atoms with Gasteiger partial charge < -0.3 is 10.4 Å². The van der Waals surface area contributed by atoms with Crippen LogP contribution in [0.5, 0.6) is 0 Å². The van der Waals surface area contributed by atoms with Crippen molar-refractivity contribution in [2.45, 2.75) is 6.10 Å². The maximum Gasteiger partial charge on any atom is 0.251 e. The van der Waals surface area contributed by atoms with Gasteiger partial charge >= 0.3 is 0 Å². The summed E-state index contributed by atoms with van der Waals surface area (Å²) in [7, 11) is 0. The van der Waals surface area contributed by atoms with Crippen LogP contribution in [0.1, 0.15) is 22.0 Å². The van der Waals surface area contributed by atoms with E-state index in [4.69, 9.17) is 0 Å². The van der Waals surface area contributed by atoms with E-state index in [-0.39, 0.29) is 18.3 Å². The van der Waals surface area contributed by atoms with Crippen LogP contribution in [0.15, 0.2) is 67.0 Å². The van der Waals surface area contributed by atoms with Gasteiger partial charge in [0.25, 0.3) is 5.91 Å². The molecule has 0 fully saturated rings. The van der Waals surface area contributed by atoms with Gasteiger partial charge in [0.05, 0.1) is 11.8 Å². The van der Waals surface area contributed by atoms with Crippen LogP contribution < -0.4 is 5.32 Å². The molecule has 1 atom stereocenters. The Morgan fingerprint density at radius 1 is 1.21 bits per heavy atom. The topological polar surface area (TPSA) is 67.2 Å². The molecule has 3 rings (SSSR count). The Hall–Kier alpha value is -2.99. The van der Waals surface area contributed by atoms with Gasteiger partial charge in [-0.05, 0) is 42.0 Å². The maximum absolute atomic E-state index is 12.9. The van der Waals surface area contributed by atoms with Gasteiger partial charge in [-0.3, -0.25) is 4.79 Å². The van der Waals surface area contributed by atoms with Crippen molar-refractivity contribution in [2.24, 2.45) is 0 Å². The summed E-state index contributed by atoms with van der Waals surface area (Å²) < 4.78 is 14.5. The second-order valence-corrected chi connectivity index (χ2v) is 5.28. The number of benzene rings is 2. The molecule has 122 valence electrons. The third-order valence-electron chi connectivity index (χ3n) is 3.59. The van der Waals surface area contributed by atoms with Crippen molar-refractivity contribution in [1.82, 2.24) is 15.1 Å². The zero-order valence-electron chi connectivity index (χ0n) is 12.8. The summed E-state index contributed by atoms with van der Waals surface area (Å²) in [4.78, 5) is 12.2. The normalized spacial score (nSPS) is 11.9. The molecule has 1 unspecified atom stereocenters. The van der Waals surface area contributed by atoms with Crippen LogP contribution in [0.4, 0.5) is 4.39 Å². The van der Waals surface area contributed by atoms with Crippen molar-refractivity contribution in [3.63, 3.8) is 0 Å². The third-order valence-corrected chi connectivity index (χ3v) is 3.59. The molecule has 0 saturated carbocycles. The SMILES string of the molecule is O=C(NCC(O)c1ccc(F)cc1)c1cccc(-n2cccn2)c1. The largest absolute Gasteiger partial charge is 0.387 e. The van der Waals surface area contributed by atoms with Crippen molar-refractivity contribution in [2.75, 3.05) is 6.54 Å². The number of hydrogen-bond acceptors (Lipinski definition) is 3. The Labute approximate surface area is 138 Å². The van der Waals surface area contributed by atoms with E-state index in [1.165, 1.54) is 24.3 Å². The predicted octanol–water partition coefficient (Wildman–Crippen LogP) is 2.47. The molecule has 0 saturated heterocycles. The minimum atomic E-state index is -0.899. The second kappa shape index (κ2) is 7.06. The van der Waals surface area contributed by atoms with Crippen LogP contribution in [0.2, 0.25) is 0 Å². The van der Waals surface area contributed by atoms with Gasteiger partial charge in [-0.15, -0.1) is 0 Å². The number of aromatic nitrogens is 2. The van der Waals surface area contributed by atoms with E-state index in [2.05, 4.69) is 10.4 Å². The smallest absolute Gasteiger partial charge is 0.251 e. The number of hydrogen-bond donors (Lipinski definition) is 2. The number of carbonyl (C=O) groups excluding carboxylic acids is 1. The molecule has 2 aromatic carbocycles. The molecule has 0 aliphatic carbocycles. The van der Waals surface area contributed by atoms with Gasteiger partial charge in [-0.1, -0.05) is 18.2 Å². The van der Waals surface area contributed by atoms with E-state index < -0.39 is 6.10 Å². The monoisotopic (exact) mass is 325 g/mol. The van der Waals surface area contributed by atoms with E-state index in [0.29, 0.717) is 11.1 Å². The summed E-state index contributed by atoms with van der Waals surface area (Å²) in [6, 6.07) is 14.3. The van der Waals surface area contributed by atoms with Crippen LogP contribution in [0, 0.1) is 5.82 Å². The molecule has 1 amide bonds. The molecule has 1 heterocycles. The number of halogens is 1. The molecular formula is C18H16FN3O2. The summed E-state index contributed by atoms with van der Waals surface area (Å²) in [5.74, 6) is -0.671. The molecule has 24 heavy (non-hydrogen) atoms. The van der Waals surface area contributed by atoms with E-state index in [1.54, 1.807) is 41.3 Å². The molecule has 1 aromatic heterocycles. The average molecular weight is 325 g/mol. The van der Waals surface area contributed by atoms with Crippen molar-refractivity contribution in [3.8, 4) is 5.69 Å². The number of aliphatic hydroxyl groups excluding tert-OH is 1. The highest BCUT2D eigenvalue weighted by Crippen LogP contribution is 2.13. The van der Waals surface area contributed by atoms with Crippen LogP contribution in [-0.4, -0.2) is 27.3 Å². The number of nitrogens with zero attached hydrogens (tertiary/aromatic N) is 2. The summed E-state index contributed by atoms with van der Waals surface area (Å²) in [6.07, 6.45) is 2.55. The Morgan fingerprint density at radius 3 is 2.71 bits per heavy atom. The van der Waals surface area contributed by atoms with Gasteiger partial charge in [0.1, 0.15) is 5.82 Å². The first-order chi connectivity index (χ1) is 11.6. The summed E-state index contributed by atoms with van der Waals surface area (Å²) in [5.41, 5.74) is 1.78. The lowest BCUT2D eigenvalue weighted by molar-refractivity contribution is 0.0916. The highest BCUT2D eigenvalue weighted by molar-refractivity contribution is 5.94. The molecule has 0 aliphatic rings. The molecule has 0 aliphatic heterocycles. The van der Waals surface area contributed by atoms with Gasteiger partial charge in [0.2, 0.25) is 0 Å². The Bertz CT molecular complexity index is 817. The summed E-state index contributed by atoms with van der Waals surface area (Å²) in [6.45, 7) is 0.0382. The maximum atomic E-state index is 12.9. The van der Waals surface area contributed by atoms with Gasteiger partial charge in [0, 0.05) is 24.5 Å². The molecule has 5 nitrogen and oxygen atoms in total. The first-order valence-electron chi connectivity index (χ1n) is 7.45. The molecule has 0 bridgehead atoms. The summed E-state index contributed by atoms with van der Waals surface area (Å²) in [5, 5.41) is 16.9. The Kier molecular flexibility index (Phi) is 4.67. The first-order valence-corrected chi connectivity index (χ1v) is 7.45. The molecular weight excluding hydrogens is 309 g/mol. The number of amides is 1. The lowest BCUT2D eigenvalue weighted by Gasteiger charge is -2.12. The van der Waals surface area contributed by atoms with E-state index >= 15 is 0 Å². The highest BCUT2D eigenvalue weighted by atomic mass is 19.1. The van der Waals surface area contributed by atoms with E-state index in [0.717, 1.165) is 5.69 Å². The third kappa shape index (κ3) is 3.67. The van der Waals surface area contributed by atoms with Gasteiger partial charge in [-0.2, -0.15) is 5.10 Å². The zero-order chi connectivity index (χ0) is 16.9. The molecule has 0 spiro atoms. The van der Waals surface area contributed by atoms with E-state index in [1.807, 2.05) is 6.07 Å². The van der Waals surface area contributed by atoms with Crippen molar-refractivity contribution < 1.29 is 14.3 Å². The second-order valence-electron chi connectivity index (χ2n) is 5.28. The standard InChI is InChI=1S/C18H16FN3O2/c19-15-7-5-13(6-8-15)17(23)12-20-18(24)14-3-1-4-16(11-14)22-10-2-9-21-22/h1-11,17,23H,12H2,(H,20,24). The molecule has 0 radical (unpaired) electrons. The van der Waals surface area contributed by atoms with E-state index in [9.17, 15) is 14.3 Å². The Morgan fingerprint density at radius 2 is 2.00 bits per heavy atom.